The Kier molecular flexibility index (Phi) is 5.25. The molecule has 9 heteroatoms. The minimum absolute atomic E-state index is 0.0775. The van der Waals surface area contributed by atoms with Gasteiger partial charge in [0, 0.05) is 11.8 Å². The van der Waals surface area contributed by atoms with Crippen molar-refractivity contribution in [3.8, 4) is 17.1 Å². The second-order valence-electron chi connectivity index (χ2n) is 6.32. The molecule has 2 heterocycles. The Balaban J connectivity index is 1.58. The van der Waals surface area contributed by atoms with Crippen LogP contribution in [0.2, 0.25) is 0 Å². The van der Waals surface area contributed by atoms with Crippen molar-refractivity contribution >= 4 is 11.8 Å². The molecule has 148 valence electrons. The number of aromatic nitrogens is 5. The predicted molar refractivity (Wildman–Crippen MR) is 108 cm³/mol. The van der Waals surface area contributed by atoms with E-state index in [9.17, 15) is 9.59 Å². The van der Waals surface area contributed by atoms with Crippen LogP contribution in [0.3, 0.4) is 0 Å². The molecule has 0 fully saturated rings. The average molecular weight is 399 g/mol. The number of nitrogens with zero attached hydrogens (tertiary/aromatic N) is 5. The summed E-state index contributed by atoms with van der Waals surface area (Å²) in [6.07, 6.45) is 2.79. The molecule has 0 atom stereocenters. The van der Waals surface area contributed by atoms with Gasteiger partial charge >= 0.3 is 5.91 Å². The number of carbonyl (C=O) groups excluding carboxylic acids is 2. The van der Waals surface area contributed by atoms with Gasteiger partial charge in [-0.1, -0.05) is 48.5 Å². The number of rotatable bonds is 4. The molecule has 2 N–H and O–H groups in total. The van der Waals surface area contributed by atoms with E-state index in [1.807, 2.05) is 60.7 Å². The smallest absolute Gasteiger partial charge is 0.266 e. The van der Waals surface area contributed by atoms with Crippen LogP contribution in [0.25, 0.3) is 17.1 Å². The van der Waals surface area contributed by atoms with E-state index in [1.54, 1.807) is 11.6 Å². The summed E-state index contributed by atoms with van der Waals surface area (Å²) in [6.45, 7) is 1.76. The Bertz CT molecular complexity index is 1120. The average Bonchev–Trinajstić information content (AvgIpc) is 3.24. The largest absolute Gasteiger partial charge is 0.309 e. The third-order valence-electron chi connectivity index (χ3n) is 4.15. The number of hydrogen-bond donors (Lipinski definition) is 2. The van der Waals surface area contributed by atoms with Crippen LogP contribution in [-0.4, -0.2) is 36.5 Å². The van der Waals surface area contributed by atoms with Crippen LogP contribution in [0.1, 0.15) is 26.8 Å². The molecule has 0 aliphatic carbocycles. The quantitative estimate of drug-likeness (QED) is 0.508. The molecule has 0 radical (unpaired) electrons. The van der Waals surface area contributed by atoms with Crippen molar-refractivity contribution in [2.45, 2.75) is 6.92 Å². The summed E-state index contributed by atoms with van der Waals surface area (Å²) in [5.41, 5.74) is 6.91. The van der Waals surface area contributed by atoms with E-state index in [1.165, 1.54) is 12.4 Å². The van der Waals surface area contributed by atoms with Crippen LogP contribution in [0, 0.1) is 6.92 Å². The molecule has 0 saturated heterocycles. The summed E-state index contributed by atoms with van der Waals surface area (Å²) >= 11 is 0. The van der Waals surface area contributed by atoms with E-state index in [-0.39, 0.29) is 11.5 Å². The van der Waals surface area contributed by atoms with E-state index < -0.39 is 11.8 Å². The molecule has 30 heavy (non-hydrogen) atoms. The molecule has 9 nitrogen and oxygen atoms in total. The summed E-state index contributed by atoms with van der Waals surface area (Å²) in [5.74, 6) is -0.840. The standard InChI is InChI=1S/C21H17N7O2/c1-14-12-23-17(13-22-14)20(29)25-26-21(30)18-24-19(15-8-4-2-5-9-15)28(27-18)16-10-6-3-7-11-16/h2-13H,1H3,(H,25,29)(H,26,30). The minimum atomic E-state index is -0.657. The zero-order valence-electron chi connectivity index (χ0n) is 16.0. The topological polar surface area (TPSA) is 115 Å². The summed E-state index contributed by atoms with van der Waals surface area (Å²) < 4.78 is 1.58. The Morgan fingerprint density at radius 2 is 1.50 bits per heavy atom. The highest BCUT2D eigenvalue weighted by molar-refractivity contribution is 5.96. The van der Waals surface area contributed by atoms with E-state index in [0.717, 1.165) is 11.3 Å². The predicted octanol–water partition coefficient (Wildman–Crippen LogP) is 2.11. The third kappa shape index (κ3) is 4.04. The van der Waals surface area contributed by atoms with Gasteiger partial charge in [0.25, 0.3) is 5.91 Å². The lowest BCUT2D eigenvalue weighted by atomic mass is 10.2. The Labute approximate surface area is 171 Å². The van der Waals surface area contributed by atoms with Crippen LogP contribution in [0.5, 0.6) is 0 Å². The van der Waals surface area contributed by atoms with Gasteiger partial charge in [0.05, 0.1) is 17.6 Å². The number of para-hydroxylation sites is 1. The van der Waals surface area contributed by atoms with Gasteiger partial charge in [-0.25, -0.2) is 14.6 Å². The summed E-state index contributed by atoms with van der Waals surface area (Å²) in [6, 6.07) is 18.8. The lowest BCUT2D eigenvalue weighted by Crippen LogP contribution is -2.42. The van der Waals surface area contributed by atoms with Crippen LogP contribution in [0.4, 0.5) is 0 Å². The maximum atomic E-state index is 12.6. The first-order valence-corrected chi connectivity index (χ1v) is 9.09. The molecule has 2 aromatic heterocycles. The van der Waals surface area contributed by atoms with E-state index in [4.69, 9.17) is 0 Å². The summed E-state index contributed by atoms with van der Waals surface area (Å²) in [5, 5.41) is 4.33. The van der Waals surface area contributed by atoms with Gasteiger partial charge in [-0.15, -0.1) is 5.10 Å². The molecule has 0 unspecified atom stereocenters. The number of hydrazine groups is 1. The maximum absolute atomic E-state index is 12.6. The molecule has 0 aliphatic rings. The Morgan fingerprint density at radius 1 is 0.833 bits per heavy atom. The van der Waals surface area contributed by atoms with Crippen molar-refractivity contribution < 1.29 is 9.59 Å². The molecule has 4 aromatic rings. The van der Waals surface area contributed by atoms with E-state index in [0.29, 0.717) is 11.5 Å². The summed E-state index contributed by atoms with van der Waals surface area (Å²) in [7, 11) is 0. The fraction of sp³-hybridized carbons (Fsp3) is 0.0476. The number of nitrogens with one attached hydrogen (secondary N) is 2. The molecule has 2 aromatic carbocycles. The zero-order chi connectivity index (χ0) is 20.9. The van der Waals surface area contributed by atoms with Crippen molar-refractivity contribution in [3.05, 3.63) is 90.3 Å². The number of hydrogen-bond acceptors (Lipinski definition) is 6. The monoisotopic (exact) mass is 399 g/mol. The van der Waals surface area contributed by atoms with Gasteiger partial charge in [0.15, 0.2) is 5.82 Å². The molecule has 0 aliphatic heterocycles. The van der Waals surface area contributed by atoms with Gasteiger partial charge in [0.1, 0.15) is 5.69 Å². The third-order valence-corrected chi connectivity index (χ3v) is 4.15. The molecule has 2 amide bonds. The molecular formula is C21H17N7O2. The van der Waals surface area contributed by atoms with Crippen molar-refractivity contribution in [1.29, 1.82) is 0 Å². The second kappa shape index (κ2) is 8.31. The molecule has 0 spiro atoms. The Hall–Kier alpha value is -4.40. The lowest BCUT2D eigenvalue weighted by Gasteiger charge is -2.05. The highest BCUT2D eigenvalue weighted by Crippen LogP contribution is 2.20. The van der Waals surface area contributed by atoms with Crippen LogP contribution >= 0.6 is 0 Å². The van der Waals surface area contributed by atoms with Gasteiger partial charge in [-0.2, -0.15) is 0 Å². The number of carbonyl (C=O) groups is 2. The molecular weight excluding hydrogens is 382 g/mol. The van der Waals surface area contributed by atoms with Gasteiger partial charge < -0.3 is 0 Å². The van der Waals surface area contributed by atoms with Crippen LogP contribution in [0.15, 0.2) is 73.1 Å². The normalized spacial score (nSPS) is 10.4. The maximum Gasteiger partial charge on any atom is 0.309 e. The highest BCUT2D eigenvalue weighted by Gasteiger charge is 2.19. The van der Waals surface area contributed by atoms with Crippen molar-refractivity contribution in [2.75, 3.05) is 0 Å². The summed E-state index contributed by atoms with van der Waals surface area (Å²) in [4.78, 5) is 37.0. The van der Waals surface area contributed by atoms with E-state index >= 15 is 0 Å². The van der Waals surface area contributed by atoms with Gasteiger partial charge in [-0.05, 0) is 19.1 Å². The lowest BCUT2D eigenvalue weighted by molar-refractivity contribution is 0.0838. The van der Waals surface area contributed by atoms with Gasteiger partial charge in [-0.3, -0.25) is 25.4 Å². The first-order chi connectivity index (χ1) is 14.6. The second-order valence-corrected chi connectivity index (χ2v) is 6.32. The fourth-order valence-corrected chi connectivity index (χ4v) is 2.67. The molecule has 0 bridgehead atoms. The van der Waals surface area contributed by atoms with E-state index in [2.05, 4.69) is 30.9 Å². The number of benzene rings is 2. The highest BCUT2D eigenvalue weighted by atomic mass is 16.2. The molecule has 0 saturated carbocycles. The van der Waals surface area contributed by atoms with Gasteiger partial charge in [0.2, 0.25) is 5.82 Å². The SMILES string of the molecule is Cc1cnc(C(=O)NNC(=O)c2nc(-c3ccccc3)n(-c3ccccc3)n2)cn1. The van der Waals surface area contributed by atoms with Crippen molar-refractivity contribution in [2.24, 2.45) is 0 Å². The van der Waals surface area contributed by atoms with Crippen molar-refractivity contribution in [1.82, 2.24) is 35.6 Å². The van der Waals surface area contributed by atoms with Crippen molar-refractivity contribution in [3.63, 3.8) is 0 Å². The number of aryl methyl sites for hydroxylation is 1. The first-order valence-electron chi connectivity index (χ1n) is 9.09. The number of amides is 2. The first kappa shape index (κ1) is 18.9. The fourth-order valence-electron chi connectivity index (χ4n) is 2.67. The zero-order valence-corrected chi connectivity index (χ0v) is 16.0. The van der Waals surface area contributed by atoms with Crippen LogP contribution < -0.4 is 10.9 Å². The minimum Gasteiger partial charge on any atom is -0.266 e. The van der Waals surface area contributed by atoms with Crippen LogP contribution in [-0.2, 0) is 0 Å². The molecule has 4 rings (SSSR count). The Morgan fingerprint density at radius 3 is 2.17 bits per heavy atom.